The molecule has 0 radical (unpaired) electrons. The standard InChI is InChI=1S/C18H23NO/c1-5-19-15(4)16-8-10-17(11-9-16)20-18-12-13(2)6-7-14(18)3/h6-12,15,19H,5H2,1-4H3. The van der Waals surface area contributed by atoms with E-state index in [0.29, 0.717) is 6.04 Å². The van der Waals surface area contributed by atoms with Crippen molar-refractivity contribution in [3.63, 3.8) is 0 Å². The van der Waals surface area contributed by atoms with Crippen molar-refractivity contribution in [2.75, 3.05) is 6.54 Å². The van der Waals surface area contributed by atoms with Gasteiger partial charge >= 0.3 is 0 Å². The fourth-order valence-corrected chi connectivity index (χ4v) is 2.19. The van der Waals surface area contributed by atoms with Crippen LogP contribution < -0.4 is 10.1 Å². The highest BCUT2D eigenvalue weighted by Gasteiger charge is 2.05. The molecule has 0 bridgehead atoms. The maximum atomic E-state index is 5.96. The summed E-state index contributed by atoms with van der Waals surface area (Å²) in [5, 5.41) is 3.41. The van der Waals surface area contributed by atoms with Crippen molar-refractivity contribution >= 4 is 0 Å². The van der Waals surface area contributed by atoms with Crippen LogP contribution >= 0.6 is 0 Å². The maximum Gasteiger partial charge on any atom is 0.130 e. The summed E-state index contributed by atoms with van der Waals surface area (Å²) >= 11 is 0. The summed E-state index contributed by atoms with van der Waals surface area (Å²) in [6, 6.07) is 14.9. The molecule has 20 heavy (non-hydrogen) atoms. The van der Waals surface area contributed by atoms with Gasteiger partial charge in [-0.1, -0.05) is 31.2 Å². The minimum absolute atomic E-state index is 0.370. The molecule has 0 spiro atoms. The largest absolute Gasteiger partial charge is 0.457 e. The maximum absolute atomic E-state index is 5.96. The second-order valence-electron chi connectivity index (χ2n) is 5.22. The van der Waals surface area contributed by atoms with Gasteiger partial charge in [0.25, 0.3) is 0 Å². The van der Waals surface area contributed by atoms with Crippen molar-refractivity contribution in [3.8, 4) is 11.5 Å². The molecule has 0 fully saturated rings. The van der Waals surface area contributed by atoms with Crippen LogP contribution in [0.2, 0.25) is 0 Å². The smallest absolute Gasteiger partial charge is 0.130 e. The number of hydrogen-bond acceptors (Lipinski definition) is 2. The summed E-state index contributed by atoms with van der Waals surface area (Å²) in [6.45, 7) is 9.41. The predicted molar refractivity (Wildman–Crippen MR) is 84.5 cm³/mol. The zero-order valence-corrected chi connectivity index (χ0v) is 12.7. The summed E-state index contributed by atoms with van der Waals surface area (Å²) in [5.74, 6) is 1.81. The van der Waals surface area contributed by atoms with Gasteiger partial charge in [-0.2, -0.15) is 0 Å². The number of aryl methyl sites for hydroxylation is 2. The third-order valence-electron chi connectivity index (χ3n) is 3.46. The molecule has 0 aromatic heterocycles. The van der Waals surface area contributed by atoms with E-state index in [1.165, 1.54) is 11.1 Å². The van der Waals surface area contributed by atoms with E-state index in [1.807, 2.05) is 12.1 Å². The SMILES string of the molecule is CCNC(C)c1ccc(Oc2cc(C)ccc2C)cc1. The van der Waals surface area contributed by atoms with Crippen LogP contribution in [-0.2, 0) is 0 Å². The van der Waals surface area contributed by atoms with Crippen molar-refractivity contribution < 1.29 is 4.74 Å². The first-order chi connectivity index (χ1) is 9.60. The lowest BCUT2D eigenvalue weighted by Crippen LogP contribution is -2.17. The number of benzene rings is 2. The zero-order valence-electron chi connectivity index (χ0n) is 12.7. The minimum Gasteiger partial charge on any atom is -0.457 e. The highest BCUT2D eigenvalue weighted by atomic mass is 16.5. The van der Waals surface area contributed by atoms with E-state index in [2.05, 4.69) is 63.3 Å². The van der Waals surface area contributed by atoms with E-state index >= 15 is 0 Å². The molecule has 0 saturated carbocycles. The molecule has 1 unspecified atom stereocenters. The fraction of sp³-hybridized carbons (Fsp3) is 0.333. The van der Waals surface area contributed by atoms with E-state index in [0.717, 1.165) is 23.6 Å². The molecule has 0 aliphatic carbocycles. The molecule has 0 amide bonds. The summed E-state index contributed by atoms with van der Waals surface area (Å²) < 4.78 is 5.96. The van der Waals surface area contributed by atoms with Gasteiger partial charge in [0.15, 0.2) is 0 Å². The minimum atomic E-state index is 0.370. The Morgan fingerprint density at radius 1 is 1.05 bits per heavy atom. The molecular weight excluding hydrogens is 246 g/mol. The van der Waals surface area contributed by atoms with E-state index in [9.17, 15) is 0 Å². The Hall–Kier alpha value is -1.80. The lowest BCUT2D eigenvalue weighted by Gasteiger charge is -2.14. The van der Waals surface area contributed by atoms with Gasteiger partial charge in [-0.05, 0) is 62.2 Å². The molecule has 1 N–H and O–H groups in total. The molecule has 0 aliphatic heterocycles. The quantitative estimate of drug-likeness (QED) is 0.844. The van der Waals surface area contributed by atoms with Crippen LogP contribution in [0.3, 0.4) is 0 Å². The second-order valence-corrected chi connectivity index (χ2v) is 5.22. The van der Waals surface area contributed by atoms with E-state index in [1.54, 1.807) is 0 Å². The van der Waals surface area contributed by atoms with Crippen molar-refractivity contribution in [1.82, 2.24) is 5.32 Å². The van der Waals surface area contributed by atoms with E-state index < -0.39 is 0 Å². The van der Waals surface area contributed by atoms with Gasteiger partial charge in [-0.25, -0.2) is 0 Å². The third-order valence-corrected chi connectivity index (χ3v) is 3.46. The Morgan fingerprint density at radius 3 is 2.40 bits per heavy atom. The summed E-state index contributed by atoms with van der Waals surface area (Å²) in [4.78, 5) is 0. The van der Waals surface area contributed by atoms with Crippen LogP contribution in [0.15, 0.2) is 42.5 Å². The molecule has 1 atom stereocenters. The Morgan fingerprint density at radius 2 is 1.75 bits per heavy atom. The van der Waals surface area contributed by atoms with Crippen molar-refractivity contribution in [3.05, 3.63) is 59.2 Å². The van der Waals surface area contributed by atoms with Crippen LogP contribution in [0.25, 0.3) is 0 Å². The lowest BCUT2D eigenvalue weighted by molar-refractivity contribution is 0.477. The second kappa shape index (κ2) is 6.58. The van der Waals surface area contributed by atoms with Crippen molar-refractivity contribution in [2.24, 2.45) is 0 Å². The van der Waals surface area contributed by atoms with Gasteiger partial charge in [0.1, 0.15) is 11.5 Å². The molecule has 0 aliphatic rings. The molecule has 2 rings (SSSR count). The number of rotatable bonds is 5. The molecule has 106 valence electrons. The molecule has 0 saturated heterocycles. The third kappa shape index (κ3) is 3.61. The fourth-order valence-electron chi connectivity index (χ4n) is 2.19. The summed E-state index contributed by atoms with van der Waals surface area (Å²) in [6.07, 6.45) is 0. The number of hydrogen-bond donors (Lipinski definition) is 1. The van der Waals surface area contributed by atoms with Crippen LogP contribution in [-0.4, -0.2) is 6.54 Å². The summed E-state index contributed by atoms with van der Waals surface area (Å²) in [7, 11) is 0. The summed E-state index contributed by atoms with van der Waals surface area (Å²) in [5.41, 5.74) is 3.64. The Bertz CT molecular complexity index is 560. The average molecular weight is 269 g/mol. The normalized spacial score (nSPS) is 12.2. The van der Waals surface area contributed by atoms with E-state index in [4.69, 9.17) is 4.74 Å². The van der Waals surface area contributed by atoms with Crippen molar-refractivity contribution in [1.29, 1.82) is 0 Å². The first-order valence-corrected chi connectivity index (χ1v) is 7.18. The van der Waals surface area contributed by atoms with Crippen LogP contribution in [0, 0.1) is 13.8 Å². The average Bonchev–Trinajstić information content (AvgIpc) is 2.44. The molecular formula is C18H23NO. The monoisotopic (exact) mass is 269 g/mol. The van der Waals surface area contributed by atoms with Gasteiger partial charge in [-0.3, -0.25) is 0 Å². The Balaban J connectivity index is 2.12. The first-order valence-electron chi connectivity index (χ1n) is 7.18. The molecule has 0 heterocycles. The highest BCUT2D eigenvalue weighted by Crippen LogP contribution is 2.27. The Labute approximate surface area is 121 Å². The van der Waals surface area contributed by atoms with Crippen LogP contribution in [0.4, 0.5) is 0 Å². The molecule has 2 aromatic rings. The zero-order chi connectivity index (χ0) is 14.5. The first kappa shape index (κ1) is 14.6. The topological polar surface area (TPSA) is 21.3 Å². The lowest BCUT2D eigenvalue weighted by atomic mass is 10.1. The van der Waals surface area contributed by atoms with Gasteiger partial charge < -0.3 is 10.1 Å². The van der Waals surface area contributed by atoms with Crippen LogP contribution in [0.1, 0.15) is 36.6 Å². The number of nitrogens with one attached hydrogen (secondary N) is 1. The van der Waals surface area contributed by atoms with Crippen LogP contribution in [0.5, 0.6) is 11.5 Å². The van der Waals surface area contributed by atoms with Gasteiger partial charge in [0, 0.05) is 6.04 Å². The van der Waals surface area contributed by atoms with Gasteiger partial charge in [0.2, 0.25) is 0 Å². The van der Waals surface area contributed by atoms with Crippen molar-refractivity contribution in [2.45, 2.75) is 33.7 Å². The predicted octanol–water partition coefficient (Wildman–Crippen LogP) is 4.77. The van der Waals surface area contributed by atoms with Gasteiger partial charge in [0.05, 0.1) is 0 Å². The molecule has 2 nitrogen and oxygen atoms in total. The number of ether oxygens (including phenoxy) is 1. The molecule has 2 aromatic carbocycles. The Kier molecular flexibility index (Phi) is 4.80. The highest BCUT2D eigenvalue weighted by molar-refractivity contribution is 5.40. The van der Waals surface area contributed by atoms with E-state index in [-0.39, 0.29) is 0 Å². The molecule has 2 heteroatoms. The van der Waals surface area contributed by atoms with Gasteiger partial charge in [-0.15, -0.1) is 0 Å².